The number of hydrogen-bond donors (Lipinski definition) is 1. The molecule has 2 aromatic carbocycles. The number of halogens is 5. The Morgan fingerprint density at radius 1 is 1.15 bits per heavy atom. The highest BCUT2D eigenvalue weighted by atomic mass is 35.5. The van der Waals surface area contributed by atoms with Crippen molar-refractivity contribution < 1.29 is 27.5 Å². The molecule has 1 aliphatic rings. The van der Waals surface area contributed by atoms with E-state index in [-0.39, 0.29) is 10.6 Å². The van der Waals surface area contributed by atoms with Crippen molar-refractivity contribution in [3.05, 3.63) is 70.5 Å². The van der Waals surface area contributed by atoms with Crippen molar-refractivity contribution in [3.8, 4) is 0 Å². The fourth-order valence-electron chi connectivity index (χ4n) is 2.61. The summed E-state index contributed by atoms with van der Waals surface area (Å²) in [7, 11) is 0. The van der Waals surface area contributed by atoms with Gasteiger partial charge in [0.2, 0.25) is 0 Å². The molecule has 0 saturated carbocycles. The number of nitrogens with zero attached hydrogens (tertiary/aromatic N) is 2. The van der Waals surface area contributed by atoms with E-state index < -0.39 is 41.3 Å². The van der Waals surface area contributed by atoms with Crippen LogP contribution in [0.25, 0.3) is 0 Å². The van der Waals surface area contributed by atoms with Crippen molar-refractivity contribution in [3.63, 3.8) is 0 Å². The molecule has 0 unspecified atom stereocenters. The average molecular weight is 387 g/mol. The fraction of sp³-hybridized carbons (Fsp3) is 0.176. The third-order valence-electron chi connectivity index (χ3n) is 3.92. The van der Waals surface area contributed by atoms with E-state index in [1.807, 2.05) is 0 Å². The number of carbonyl (C=O) groups is 1. The third kappa shape index (κ3) is 3.17. The lowest BCUT2D eigenvalue weighted by molar-refractivity contribution is -0.0817. The molecule has 0 aliphatic carbocycles. The Morgan fingerprint density at radius 3 is 2.35 bits per heavy atom. The van der Waals surface area contributed by atoms with Crippen LogP contribution < -0.4 is 0 Å². The Kier molecular flexibility index (Phi) is 4.49. The van der Waals surface area contributed by atoms with Gasteiger partial charge in [-0.1, -0.05) is 35.9 Å². The Hall–Kier alpha value is -2.45. The van der Waals surface area contributed by atoms with Crippen molar-refractivity contribution in [1.29, 1.82) is 0 Å². The molecule has 1 atom stereocenters. The number of hydrogen-bond acceptors (Lipinski definition) is 3. The summed E-state index contributed by atoms with van der Waals surface area (Å²) in [6.45, 7) is 0. The standard InChI is InChI=1S/C17H11ClF4N2O2/c18-11-7-5-10(6-8-11)16(26)9-14(17(20,21)22)23-24(16)15(25)12-3-1-2-4-13(12)19/h1-8,26H,9H2/t16-/m1/s1. The minimum atomic E-state index is -4.86. The molecule has 1 amide bonds. The molecule has 1 aliphatic heterocycles. The topological polar surface area (TPSA) is 52.9 Å². The van der Waals surface area contributed by atoms with E-state index in [0.717, 1.165) is 12.1 Å². The van der Waals surface area contributed by atoms with Crippen LogP contribution in [0.15, 0.2) is 53.6 Å². The monoisotopic (exact) mass is 386 g/mol. The molecule has 0 aromatic heterocycles. The van der Waals surface area contributed by atoms with Gasteiger partial charge in [0.15, 0.2) is 5.72 Å². The van der Waals surface area contributed by atoms with Crippen LogP contribution in [-0.4, -0.2) is 27.9 Å². The number of benzene rings is 2. The van der Waals surface area contributed by atoms with Gasteiger partial charge in [-0.25, -0.2) is 4.39 Å². The first kappa shape index (κ1) is 18.3. The second-order valence-corrected chi connectivity index (χ2v) is 6.08. The van der Waals surface area contributed by atoms with Gasteiger partial charge in [-0.3, -0.25) is 4.79 Å². The summed E-state index contributed by atoms with van der Waals surface area (Å²) in [5, 5.41) is 14.7. The van der Waals surface area contributed by atoms with Crippen LogP contribution >= 0.6 is 11.6 Å². The fourth-order valence-corrected chi connectivity index (χ4v) is 2.73. The summed E-state index contributed by atoms with van der Waals surface area (Å²) in [4.78, 5) is 12.6. The van der Waals surface area contributed by atoms with Crippen LogP contribution in [0.1, 0.15) is 22.3 Å². The lowest BCUT2D eigenvalue weighted by Crippen LogP contribution is -2.44. The third-order valence-corrected chi connectivity index (χ3v) is 4.17. The van der Waals surface area contributed by atoms with Gasteiger partial charge < -0.3 is 5.11 Å². The molecule has 0 bridgehead atoms. The number of carbonyl (C=O) groups excluding carboxylic acids is 1. The SMILES string of the molecule is O=C(c1ccccc1F)N1N=C(C(F)(F)F)C[C@@]1(O)c1ccc(Cl)cc1. The summed E-state index contributed by atoms with van der Waals surface area (Å²) in [6, 6.07) is 10.0. The van der Waals surface area contributed by atoms with E-state index in [0.29, 0.717) is 5.02 Å². The number of alkyl halides is 3. The molecule has 0 radical (unpaired) electrons. The summed E-state index contributed by atoms with van der Waals surface area (Å²) < 4.78 is 53.3. The highest BCUT2D eigenvalue weighted by Crippen LogP contribution is 2.40. The molecular weight excluding hydrogens is 376 g/mol. The van der Waals surface area contributed by atoms with E-state index in [4.69, 9.17) is 11.6 Å². The Morgan fingerprint density at radius 2 is 1.77 bits per heavy atom. The maximum Gasteiger partial charge on any atom is 0.431 e. The molecule has 0 saturated heterocycles. The van der Waals surface area contributed by atoms with Crippen LogP contribution in [0.2, 0.25) is 5.02 Å². The van der Waals surface area contributed by atoms with Crippen molar-refractivity contribution in [2.24, 2.45) is 5.10 Å². The van der Waals surface area contributed by atoms with Crippen molar-refractivity contribution in [1.82, 2.24) is 5.01 Å². The van der Waals surface area contributed by atoms with Gasteiger partial charge in [0.1, 0.15) is 11.5 Å². The maximum absolute atomic E-state index is 13.9. The molecule has 0 spiro atoms. The molecule has 26 heavy (non-hydrogen) atoms. The zero-order valence-corrected chi connectivity index (χ0v) is 13.7. The Balaban J connectivity index is 2.10. The molecule has 136 valence electrons. The summed E-state index contributed by atoms with van der Waals surface area (Å²) in [6.07, 6.45) is -5.84. The highest BCUT2D eigenvalue weighted by Gasteiger charge is 2.53. The van der Waals surface area contributed by atoms with E-state index in [1.54, 1.807) is 0 Å². The van der Waals surface area contributed by atoms with Gasteiger partial charge in [0, 0.05) is 10.6 Å². The number of hydrazone groups is 1. The van der Waals surface area contributed by atoms with Crippen LogP contribution in [0.4, 0.5) is 17.6 Å². The number of amides is 1. The van der Waals surface area contributed by atoms with Gasteiger partial charge in [0.05, 0.1) is 12.0 Å². The zero-order valence-electron chi connectivity index (χ0n) is 13.0. The summed E-state index contributed by atoms with van der Waals surface area (Å²) >= 11 is 5.76. The molecule has 1 heterocycles. The second kappa shape index (κ2) is 6.37. The van der Waals surface area contributed by atoms with Crippen molar-refractivity contribution >= 4 is 23.2 Å². The average Bonchev–Trinajstić information content (AvgIpc) is 2.94. The minimum Gasteiger partial charge on any atom is -0.365 e. The number of aliphatic hydroxyl groups is 1. The molecule has 0 fully saturated rings. The molecule has 9 heteroatoms. The van der Waals surface area contributed by atoms with Crippen LogP contribution in [0, 0.1) is 5.82 Å². The van der Waals surface area contributed by atoms with Gasteiger partial charge in [-0.05, 0) is 24.3 Å². The van der Waals surface area contributed by atoms with Crippen LogP contribution in [0.3, 0.4) is 0 Å². The lowest BCUT2D eigenvalue weighted by atomic mass is 9.96. The quantitative estimate of drug-likeness (QED) is 0.790. The van der Waals surface area contributed by atoms with E-state index >= 15 is 0 Å². The predicted octanol–water partition coefficient (Wildman–Crippen LogP) is 4.09. The maximum atomic E-state index is 13.9. The van der Waals surface area contributed by atoms with Crippen molar-refractivity contribution in [2.75, 3.05) is 0 Å². The van der Waals surface area contributed by atoms with Crippen LogP contribution in [-0.2, 0) is 5.72 Å². The minimum absolute atomic E-state index is 0.0328. The van der Waals surface area contributed by atoms with Gasteiger partial charge in [0.25, 0.3) is 5.91 Å². The lowest BCUT2D eigenvalue weighted by Gasteiger charge is -2.31. The number of rotatable bonds is 2. The normalized spacial score (nSPS) is 20.2. The summed E-state index contributed by atoms with van der Waals surface area (Å²) in [5.74, 6) is -2.13. The largest absolute Gasteiger partial charge is 0.431 e. The first-order valence-corrected chi connectivity index (χ1v) is 7.73. The van der Waals surface area contributed by atoms with E-state index in [9.17, 15) is 27.5 Å². The molecular formula is C17H11ClF4N2O2. The zero-order chi connectivity index (χ0) is 19.1. The predicted molar refractivity (Wildman–Crippen MR) is 86.0 cm³/mol. The molecule has 3 rings (SSSR count). The first-order valence-electron chi connectivity index (χ1n) is 7.35. The Labute approximate surface area is 150 Å². The highest BCUT2D eigenvalue weighted by molar-refractivity contribution is 6.30. The van der Waals surface area contributed by atoms with Crippen molar-refractivity contribution in [2.45, 2.75) is 18.3 Å². The molecule has 1 N–H and O–H groups in total. The molecule has 4 nitrogen and oxygen atoms in total. The van der Waals surface area contributed by atoms with Gasteiger partial charge in [-0.2, -0.15) is 23.3 Å². The smallest absolute Gasteiger partial charge is 0.365 e. The summed E-state index contributed by atoms with van der Waals surface area (Å²) in [5.41, 5.74) is -4.31. The molecule has 2 aromatic rings. The first-order chi connectivity index (χ1) is 12.1. The van der Waals surface area contributed by atoms with Gasteiger partial charge in [-0.15, -0.1) is 0 Å². The van der Waals surface area contributed by atoms with Gasteiger partial charge >= 0.3 is 6.18 Å². The Bertz CT molecular complexity index is 883. The van der Waals surface area contributed by atoms with E-state index in [1.165, 1.54) is 36.4 Å². The van der Waals surface area contributed by atoms with Crippen LogP contribution in [0.5, 0.6) is 0 Å². The van der Waals surface area contributed by atoms with E-state index in [2.05, 4.69) is 5.10 Å². The second-order valence-electron chi connectivity index (χ2n) is 5.64.